The van der Waals surface area contributed by atoms with E-state index in [0.29, 0.717) is 50.6 Å². The van der Waals surface area contributed by atoms with E-state index in [0.717, 1.165) is 4.70 Å². The first-order chi connectivity index (χ1) is 18.4. The number of pyridine rings is 1. The fourth-order valence-electron chi connectivity index (χ4n) is 4.80. The summed E-state index contributed by atoms with van der Waals surface area (Å²) in [5, 5.41) is 12.4. The Labute approximate surface area is 226 Å². The summed E-state index contributed by atoms with van der Waals surface area (Å²) in [4.78, 5) is 37.7. The van der Waals surface area contributed by atoms with Gasteiger partial charge in [0.25, 0.3) is 5.78 Å². The third-order valence-corrected chi connectivity index (χ3v) is 7.66. The maximum Gasteiger partial charge on any atom is 0.301 e. The molecule has 0 bridgehead atoms. The van der Waals surface area contributed by atoms with Crippen molar-refractivity contribution in [3.8, 4) is 5.75 Å². The number of rotatable bonds is 5. The number of hydrogen-bond acceptors (Lipinski definition) is 7. The van der Waals surface area contributed by atoms with Crippen LogP contribution in [-0.4, -0.2) is 37.8 Å². The lowest BCUT2D eigenvalue weighted by molar-refractivity contribution is -0.132. The zero-order valence-electron chi connectivity index (χ0n) is 20.4. The molecule has 6 rings (SSSR count). The second kappa shape index (κ2) is 9.27. The molecule has 0 spiro atoms. The summed E-state index contributed by atoms with van der Waals surface area (Å²) in [7, 11) is 0. The van der Waals surface area contributed by atoms with E-state index in [-0.39, 0.29) is 11.3 Å². The van der Waals surface area contributed by atoms with Crippen LogP contribution in [0.1, 0.15) is 29.9 Å². The van der Waals surface area contributed by atoms with E-state index >= 15 is 0 Å². The Bertz CT molecular complexity index is 1790. The van der Waals surface area contributed by atoms with Crippen molar-refractivity contribution < 1.29 is 19.4 Å². The number of aryl methyl sites for hydroxylation is 1. The van der Waals surface area contributed by atoms with E-state index < -0.39 is 17.7 Å². The van der Waals surface area contributed by atoms with Crippen molar-refractivity contribution in [1.29, 1.82) is 0 Å². The van der Waals surface area contributed by atoms with Gasteiger partial charge in [0.15, 0.2) is 10.9 Å². The van der Waals surface area contributed by atoms with Crippen LogP contribution in [0, 0.1) is 6.92 Å². The van der Waals surface area contributed by atoms with E-state index in [2.05, 4.69) is 9.97 Å². The van der Waals surface area contributed by atoms with Gasteiger partial charge >= 0.3 is 5.91 Å². The number of hydrogen-bond donors (Lipinski definition) is 1. The van der Waals surface area contributed by atoms with Crippen LogP contribution in [0.2, 0.25) is 5.02 Å². The molecule has 2 aromatic carbocycles. The van der Waals surface area contributed by atoms with Crippen LogP contribution in [0.4, 0.5) is 5.13 Å². The number of carbonyl (C=O) groups is 2. The number of ketones is 1. The number of benzene rings is 2. The third kappa shape index (κ3) is 3.82. The Morgan fingerprint density at radius 1 is 1.11 bits per heavy atom. The number of carbonyl (C=O) groups excluding carboxylic acids is 2. The van der Waals surface area contributed by atoms with Crippen LogP contribution < -0.4 is 9.64 Å². The molecule has 1 fully saturated rings. The molecule has 190 valence electrons. The van der Waals surface area contributed by atoms with Gasteiger partial charge < -0.3 is 9.84 Å². The number of anilines is 1. The zero-order valence-corrected chi connectivity index (χ0v) is 22.0. The minimum Gasteiger partial charge on any atom is -0.505 e. The molecule has 4 heterocycles. The quantitative estimate of drug-likeness (QED) is 0.167. The Kier molecular flexibility index (Phi) is 5.89. The number of aliphatic hydroxyl groups is 1. The fourth-order valence-corrected chi connectivity index (χ4v) is 6.02. The van der Waals surface area contributed by atoms with Crippen LogP contribution >= 0.6 is 22.9 Å². The van der Waals surface area contributed by atoms with Gasteiger partial charge in [-0.05, 0) is 61.9 Å². The van der Waals surface area contributed by atoms with Gasteiger partial charge in [-0.15, -0.1) is 0 Å². The van der Waals surface area contributed by atoms with Crippen molar-refractivity contribution in [3.63, 3.8) is 0 Å². The summed E-state index contributed by atoms with van der Waals surface area (Å²) in [6.07, 6.45) is 1.75. The van der Waals surface area contributed by atoms with Gasteiger partial charge in [-0.1, -0.05) is 41.1 Å². The first kappa shape index (κ1) is 24.1. The summed E-state index contributed by atoms with van der Waals surface area (Å²) < 4.78 is 8.10. The van der Waals surface area contributed by atoms with Crippen LogP contribution in [0.15, 0.2) is 72.4 Å². The Morgan fingerprint density at radius 2 is 1.95 bits per heavy atom. The molecular formula is C28H21ClN4O4S. The highest BCUT2D eigenvalue weighted by molar-refractivity contribution is 7.22. The summed E-state index contributed by atoms with van der Waals surface area (Å²) in [5.41, 5.74) is 2.65. The molecular weight excluding hydrogens is 524 g/mol. The largest absolute Gasteiger partial charge is 0.505 e. The molecule has 10 heteroatoms. The molecule has 1 atom stereocenters. The van der Waals surface area contributed by atoms with Crippen LogP contribution in [0.3, 0.4) is 0 Å². The molecule has 1 unspecified atom stereocenters. The summed E-state index contributed by atoms with van der Waals surface area (Å²) >= 11 is 7.59. The van der Waals surface area contributed by atoms with Gasteiger partial charge in [0.2, 0.25) is 0 Å². The van der Waals surface area contributed by atoms with Crippen molar-refractivity contribution in [3.05, 3.63) is 94.4 Å². The highest BCUT2D eigenvalue weighted by Gasteiger charge is 2.48. The standard InChI is InChI=1S/C28H21ClN4O4S/c1-3-37-18-10-11-19-20(14-18)38-28(31-19)33-24(16-7-6-8-17(29)13-16)22(26(35)27(33)36)25(34)23-15(2)30-21-9-4-5-12-32(21)23/h4-14,24,34H,3H2,1-2H3/b25-22+. The molecule has 8 nitrogen and oxygen atoms in total. The predicted octanol–water partition coefficient (Wildman–Crippen LogP) is 5.93. The number of nitrogens with zero attached hydrogens (tertiary/aromatic N) is 4. The molecule has 1 amide bonds. The van der Waals surface area contributed by atoms with Crippen molar-refractivity contribution in [2.24, 2.45) is 0 Å². The average Bonchev–Trinajstić information content (AvgIpc) is 3.54. The van der Waals surface area contributed by atoms with Gasteiger partial charge in [0, 0.05) is 11.2 Å². The molecule has 0 radical (unpaired) electrons. The molecule has 1 aliphatic rings. The van der Waals surface area contributed by atoms with Crippen LogP contribution in [-0.2, 0) is 9.59 Å². The number of Topliss-reactive ketones (excluding diaryl/α,β-unsaturated/α-hetero) is 1. The SMILES string of the molecule is CCOc1ccc2nc(N3C(=O)C(=O)/C(=C(/O)c4c(C)nc5ccccn45)C3c3cccc(Cl)c3)sc2c1. The summed E-state index contributed by atoms with van der Waals surface area (Å²) in [5.74, 6) is -1.22. The smallest absolute Gasteiger partial charge is 0.301 e. The molecule has 38 heavy (non-hydrogen) atoms. The Morgan fingerprint density at radius 3 is 2.74 bits per heavy atom. The first-order valence-corrected chi connectivity index (χ1v) is 13.1. The molecule has 1 N–H and O–H groups in total. The maximum absolute atomic E-state index is 13.6. The van der Waals surface area contributed by atoms with E-state index in [1.54, 1.807) is 53.9 Å². The minimum absolute atomic E-state index is 0.0553. The first-order valence-electron chi connectivity index (χ1n) is 11.9. The average molecular weight is 545 g/mol. The maximum atomic E-state index is 13.6. The van der Waals surface area contributed by atoms with Gasteiger partial charge in [-0.3, -0.25) is 18.9 Å². The van der Waals surface area contributed by atoms with Gasteiger partial charge in [-0.25, -0.2) is 9.97 Å². The van der Waals surface area contributed by atoms with E-state index in [1.165, 1.54) is 16.2 Å². The highest BCUT2D eigenvalue weighted by atomic mass is 35.5. The molecule has 1 saturated heterocycles. The number of aromatic nitrogens is 3. The fraction of sp³-hybridized carbons (Fsp3) is 0.143. The second-order valence-electron chi connectivity index (χ2n) is 8.76. The predicted molar refractivity (Wildman–Crippen MR) is 147 cm³/mol. The molecule has 1 aliphatic heterocycles. The van der Waals surface area contributed by atoms with Crippen molar-refractivity contribution in [2.45, 2.75) is 19.9 Å². The number of imidazole rings is 1. The Balaban J connectivity index is 1.58. The highest BCUT2D eigenvalue weighted by Crippen LogP contribution is 2.45. The van der Waals surface area contributed by atoms with Gasteiger partial charge in [-0.2, -0.15) is 0 Å². The number of ether oxygens (including phenoxy) is 1. The van der Waals surface area contributed by atoms with Crippen molar-refractivity contribution in [2.75, 3.05) is 11.5 Å². The zero-order chi connectivity index (χ0) is 26.6. The summed E-state index contributed by atoms with van der Waals surface area (Å²) in [6, 6.07) is 16.9. The lowest BCUT2D eigenvalue weighted by Crippen LogP contribution is -2.29. The van der Waals surface area contributed by atoms with Crippen LogP contribution in [0.5, 0.6) is 5.75 Å². The number of fused-ring (bicyclic) bond motifs is 2. The lowest BCUT2D eigenvalue weighted by atomic mass is 9.96. The van der Waals surface area contributed by atoms with E-state index in [1.807, 2.05) is 31.2 Å². The number of halogens is 1. The number of amides is 1. The molecule has 5 aromatic rings. The molecule has 0 saturated carbocycles. The molecule has 3 aromatic heterocycles. The topological polar surface area (TPSA) is 97.0 Å². The van der Waals surface area contributed by atoms with Crippen molar-refractivity contribution in [1.82, 2.24) is 14.4 Å². The van der Waals surface area contributed by atoms with Gasteiger partial charge in [0.1, 0.15) is 17.1 Å². The van der Waals surface area contributed by atoms with E-state index in [9.17, 15) is 14.7 Å². The third-order valence-electron chi connectivity index (χ3n) is 6.40. The minimum atomic E-state index is -0.950. The van der Waals surface area contributed by atoms with Gasteiger partial charge in [0.05, 0.1) is 34.1 Å². The van der Waals surface area contributed by atoms with Crippen molar-refractivity contribution >= 4 is 61.4 Å². The lowest BCUT2D eigenvalue weighted by Gasteiger charge is -2.23. The second-order valence-corrected chi connectivity index (χ2v) is 10.2. The molecule has 0 aliphatic carbocycles. The van der Waals surface area contributed by atoms with E-state index in [4.69, 9.17) is 16.3 Å². The number of aliphatic hydroxyl groups excluding tert-OH is 1. The number of thiazole rings is 1. The monoisotopic (exact) mass is 544 g/mol. The summed E-state index contributed by atoms with van der Waals surface area (Å²) in [6.45, 7) is 4.16. The van der Waals surface area contributed by atoms with Crippen LogP contribution in [0.25, 0.3) is 21.6 Å². The Hall–Kier alpha value is -4.21. The normalized spacial score (nSPS) is 17.1.